The first-order valence-electron chi connectivity index (χ1n) is 7.56. The van der Waals surface area contributed by atoms with Crippen molar-refractivity contribution < 1.29 is 4.79 Å². The van der Waals surface area contributed by atoms with E-state index in [1.165, 1.54) is 0 Å². The number of amides is 1. The molecule has 0 radical (unpaired) electrons. The van der Waals surface area contributed by atoms with Gasteiger partial charge in [-0.15, -0.1) is 0 Å². The lowest BCUT2D eigenvalue weighted by Gasteiger charge is -2.35. The summed E-state index contributed by atoms with van der Waals surface area (Å²) in [6.45, 7) is 3.77. The monoisotopic (exact) mass is 277 g/mol. The molecule has 1 aromatic heterocycles. The first kappa shape index (κ1) is 13.6. The molecule has 110 valence electrons. The molecule has 1 aromatic rings. The summed E-state index contributed by atoms with van der Waals surface area (Å²) in [4.78, 5) is 14.8. The summed E-state index contributed by atoms with van der Waals surface area (Å²) in [5.74, 6) is 0.169. The lowest BCUT2D eigenvalue weighted by molar-refractivity contribution is -0.126. The number of aromatic amines is 1. The molecule has 6 nitrogen and oxygen atoms in total. The predicted octanol–water partition coefficient (Wildman–Crippen LogP) is 0.242. The van der Waals surface area contributed by atoms with Gasteiger partial charge in [-0.2, -0.15) is 5.10 Å². The predicted molar refractivity (Wildman–Crippen MR) is 76.1 cm³/mol. The first-order chi connectivity index (χ1) is 9.84. The fraction of sp³-hybridized carbons (Fsp3) is 0.714. The number of nitrogens with zero attached hydrogens (tertiary/aromatic N) is 2. The number of piperidine rings is 1. The van der Waals surface area contributed by atoms with E-state index in [1.54, 1.807) is 6.20 Å². The Morgan fingerprint density at radius 1 is 1.40 bits per heavy atom. The minimum Gasteiger partial charge on any atom is -0.351 e. The molecular weight excluding hydrogens is 254 g/mol. The Bertz CT molecular complexity index is 427. The minimum absolute atomic E-state index is 0.0602. The number of aromatic nitrogens is 2. The average Bonchev–Trinajstić information content (AvgIpc) is 3.17. The van der Waals surface area contributed by atoms with E-state index in [4.69, 9.17) is 0 Å². The van der Waals surface area contributed by atoms with Crippen molar-refractivity contribution in [2.24, 2.45) is 0 Å². The molecule has 0 saturated carbocycles. The second-order valence-corrected chi connectivity index (χ2v) is 5.70. The number of H-pyrrole nitrogens is 1. The van der Waals surface area contributed by atoms with Gasteiger partial charge in [0, 0.05) is 24.3 Å². The number of carbonyl (C=O) groups excluding carboxylic acids is 1. The van der Waals surface area contributed by atoms with Crippen molar-refractivity contribution in [1.29, 1.82) is 0 Å². The first-order valence-corrected chi connectivity index (χ1v) is 7.56. The number of hydrogen-bond donors (Lipinski definition) is 3. The number of rotatable bonds is 4. The van der Waals surface area contributed by atoms with Crippen LogP contribution in [0, 0.1) is 0 Å². The normalized spacial score (nSPS) is 24.9. The van der Waals surface area contributed by atoms with E-state index in [0.29, 0.717) is 12.6 Å². The smallest absolute Gasteiger partial charge is 0.237 e. The zero-order valence-electron chi connectivity index (χ0n) is 11.8. The highest BCUT2D eigenvalue weighted by Crippen LogP contribution is 2.24. The van der Waals surface area contributed by atoms with Crippen LogP contribution in [0.25, 0.3) is 0 Å². The number of nitrogens with one attached hydrogen (secondary N) is 3. The van der Waals surface area contributed by atoms with Crippen LogP contribution >= 0.6 is 0 Å². The summed E-state index contributed by atoms with van der Waals surface area (Å²) in [5, 5.41) is 13.1. The molecule has 1 unspecified atom stereocenters. The van der Waals surface area contributed by atoms with Crippen LogP contribution in [0.2, 0.25) is 0 Å². The van der Waals surface area contributed by atoms with E-state index in [2.05, 4.69) is 25.7 Å². The molecule has 0 aromatic carbocycles. The van der Waals surface area contributed by atoms with Gasteiger partial charge in [-0.05, 0) is 45.3 Å². The highest BCUT2D eigenvalue weighted by molar-refractivity contribution is 5.82. The third-order valence-electron chi connectivity index (χ3n) is 4.40. The molecule has 0 bridgehead atoms. The van der Waals surface area contributed by atoms with Gasteiger partial charge in [0.25, 0.3) is 0 Å². The van der Waals surface area contributed by atoms with Crippen molar-refractivity contribution >= 4 is 5.91 Å². The Labute approximate surface area is 119 Å². The van der Waals surface area contributed by atoms with Crippen LogP contribution in [-0.4, -0.2) is 52.7 Å². The molecular formula is C14H23N5O. The molecule has 20 heavy (non-hydrogen) atoms. The van der Waals surface area contributed by atoms with Crippen molar-refractivity contribution in [2.45, 2.75) is 44.3 Å². The van der Waals surface area contributed by atoms with Gasteiger partial charge in [-0.1, -0.05) is 0 Å². The maximum atomic E-state index is 12.4. The molecule has 1 amide bonds. The summed E-state index contributed by atoms with van der Waals surface area (Å²) in [6, 6.07) is 0.633. The molecule has 0 aliphatic carbocycles. The highest BCUT2D eigenvalue weighted by Gasteiger charge is 2.35. The zero-order chi connectivity index (χ0) is 13.8. The summed E-state index contributed by atoms with van der Waals surface area (Å²) < 4.78 is 0. The fourth-order valence-electron chi connectivity index (χ4n) is 3.33. The quantitative estimate of drug-likeness (QED) is 0.737. The van der Waals surface area contributed by atoms with E-state index in [0.717, 1.165) is 50.9 Å². The van der Waals surface area contributed by atoms with Crippen molar-refractivity contribution in [2.75, 3.05) is 19.6 Å². The van der Waals surface area contributed by atoms with Crippen LogP contribution in [0.1, 0.15) is 31.2 Å². The SMILES string of the molecule is O=C(NCc1cn[nH]c1)C1CCCN1C1CCNCC1. The lowest BCUT2D eigenvalue weighted by atomic mass is 10.0. The summed E-state index contributed by atoms with van der Waals surface area (Å²) in [5.41, 5.74) is 1.02. The van der Waals surface area contributed by atoms with E-state index >= 15 is 0 Å². The van der Waals surface area contributed by atoms with E-state index < -0.39 is 0 Å². The number of likely N-dealkylation sites (tertiary alicyclic amines) is 1. The molecule has 6 heteroatoms. The van der Waals surface area contributed by atoms with Crippen LogP contribution in [-0.2, 0) is 11.3 Å². The van der Waals surface area contributed by atoms with E-state index in [9.17, 15) is 4.79 Å². The number of carbonyl (C=O) groups is 1. The standard InChI is InChI=1S/C14H23N5O/c20-14(16-8-11-9-17-18-10-11)13-2-1-7-19(13)12-3-5-15-6-4-12/h9-10,12-13,15H,1-8H2,(H,16,20)(H,17,18). The topological polar surface area (TPSA) is 73.0 Å². The molecule has 3 heterocycles. The maximum Gasteiger partial charge on any atom is 0.237 e. The Kier molecular flexibility index (Phi) is 4.32. The lowest BCUT2D eigenvalue weighted by Crippen LogP contribution is -2.50. The van der Waals surface area contributed by atoms with Crippen molar-refractivity contribution in [3.8, 4) is 0 Å². The molecule has 3 N–H and O–H groups in total. The van der Waals surface area contributed by atoms with Gasteiger partial charge < -0.3 is 10.6 Å². The van der Waals surface area contributed by atoms with E-state index in [1.807, 2.05) is 6.20 Å². The second kappa shape index (κ2) is 6.37. The molecule has 2 aliphatic heterocycles. The van der Waals surface area contributed by atoms with Crippen molar-refractivity contribution in [1.82, 2.24) is 25.7 Å². The highest BCUT2D eigenvalue weighted by atomic mass is 16.2. The summed E-state index contributed by atoms with van der Waals surface area (Å²) in [7, 11) is 0. The maximum absolute atomic E-state index is 12.4. The van der Waals surface area contributed by atoms with Crippen LogP contribution in [0.3, 0.4) is 0 Å². The Hall–Kier alpha value is -1.40. The van der Waals surface area contributed by atoms with Crippen LogP contribution < -0.4 is 10.6 Å². The Balaban J connectivity index is 1.55. The van der Waals surface area contributed by atoms with Crippen LogP contribution in [0.15, 0.2) is 12.4 Å². The van der Waals surface area contributed by atoms with E-state index in [-0.39, 0.29) is 11.9 Å². The average molecular weight is 277 g/mol. The van der Waals surface area contributed by atoms with Gasteiger partial charge in [0.1, 0.15) is 0 Å². The van der Waals surface area contributed by atoms with Gasteiger partial charge in [0.15, 0.2) is 0 Å². The molecule has 2 fully saturated rings. The fourth-order valence-corrected chi connectivity index (χ4v) is 3.33. The zero-order valence-corrected chi connectivity index (χ0v) is 11.8. The number of hydrogen-bond acceptors (Lipinski definition) is 4. The molecule has 2 saturated heterocycles. The third-order valence-corrected chi connectivity index (χ3v) is 4.40. The summed E-state index contributed by atoms with van der Waals surface area (Å²) in [6.07, 6.45) is 8.00. The Morgan fingerprint density at radius 2 is 2.25 bits per heavy atom. The van der Waals surface area contributed by atoms with Crippen LogP contribution in [0.4, 0.5) is 0 Å². The largest absolute Gasteiger partial charge is 0.351 e. The molecule has 2 aliphatic rings. The van der Waals surface area contributed by atoms with Gasteiger partial charge in [-0.25, -0.2) is 0 Å². The van der Waals surface area contributed by atoms with Crippen LogP contribution in [0.5, 0.6) is 0 Å². The van der Waals surface area contributed by atoms with Gasteiger partial charge in [-0.3, -0.25) is 14.8 Å². The van der Waals surface area contributed by atoms with Gasteiger partial charge in [0.05, 0.1) is 12.2 Å². The molecule has 1 atom stereocenters. The third kappa shape index (κ3) is 3.02. The molecule has 0 spiro atoms. The Morgan fingerprint density at radius 3 is 3.00 bits per heavy atom. The second-order valence-electron chi connectivity index (χ2n) is 5.70. The van der Waals surface area contributed by atoms with Gasteiger partial charge >= 0.3 is 0 Å². The van der Waals surface area contributed by atoms with Crippen molar-refractivity contribution in [3.05, 3.63) is 18.0 Å². The van der Waals surface area contributed by atoms with Gasteiger partial charge in [0.2, 0.25) is 5.91 Å². The minimum atomic E-state index is 0.0602. The molecule has 3 rings (SSSR count). The summed E-state index contributed by atoms with van der Waals surface area (Å²) >= 11 is 0. The van der Waals surface area contributed by atoms with Crippen molar-refractivity contribution in [3.63, 3.8) is 0 Å².